The molecule has 0 atom stereocenters. The lowest BCUT2D eigenvalue weighted by Crippen LogP contribution is -2.18. The van der Waals surface area contributed by atoms with Gasteiger partial charge in [0.2, 0.25) is 5.91 Å². The topological polar surface area (TPSA) is 68.2 Å². The average Bonchev–Trinajstić information content (AvgIpc) is 3.08. The highest BCUT2D eigenvalue weighted by molar-refractivity contribution is 7.90. The molecule has 1 N–H and O–H groups in total. The van der Waals surface area contributed by atoms with Crippen molar-refractivity contribution < 1.29 is 13.2 Å². The van der Waals surface area contributed by atoms with Crippen LogP contribution in [0, 0.1) is 0 Å². The lowest BCUT2D eigenvalue weighted by Gasteiger charge is -2.07. The molecule has 3 aromatic carbocycles. The Morgan fingerprint density at radius 3 is 2.43 bits per heavy atom. The van der Waals surface area contributed by atoms with E-state index in [9.17, 15) is 13.2 Å². The van der Waals surface area contributed by atoms with Gasteiger partial charge in [0, 0.05) is 27.8 Å². The van der Waals surface area contributed by atoms with E-state index in [4.69, 9.17) is 11.6 Å². The second-order valence-corrected chi connectivity index (χ2v) is 9.34. The predicted octanol–water partition coefficient (Wildman–Crippen LogP) is 4.91. The summed E-state index contributed by atoms with van der Waals surface area (Å²) in [6, 6.07) is 23.1. The van der Waals surface area contributed by atoms with Gasteiger partial charge in [-0.3, -0.25) is 4.79 Å². The lowest BCUT2D eigenvalue weighted by molar-refractivity contribution is -0.116. The molecule has 7 heteroatoms. The fourth-order valence-corrected chi connectivity index (χ4v) is 5.16. The molecule has 30 heavy (non-hydrogen) atoms. The number of carbonyl (C=O) groups is 1. The Balaban J connectivity index is 1.64. The van der Waals surface area contributed by atoms with Crippen molar-refractivity contribution >= 4 is 43.9 Å². The summed E-state index contributed by atoms with van der Waals surface area (Å²) in [7, 11) is -3.59. The Bertz CT molecular complexity index is 1310. The van der Waals surface area contributed by atoms with Gasteiger partial charge in [-0.05, 0) is 29.8 Å². The number of aromatic nitrogens is 1. The van der Waals surface area contributed by atoms with E-state index < -0.39 is 9.84 Å². The van der Waals surface area contributed by atoms with Gasteiger partial charge in [-0.25, -0.2) is 8.42 Å². The summed E-state index contributed by atoms with van der Waals surface area (Å²) >= 11 is 5.96. The van der Waals surface area contributed by atoms with E-state index in [1.165, 1.54) is 0 Å². The third-order valence-electron chi connectivity index (χ3n) is 4.71. The average molecular weight is 439 g/mol. The number of benzene rings is 3. The molecule has 0 saturated carbocycles. The van der Waals surface area contributed by atoms with E-state index in [-0.39, 0.29) is 23.1 Å². The molecule has 0 unspecified atom stereocenters. The molecule has 4 aromatic rings. The Kier molecular flexibility index (Phi) is 5.61. The highest BCUT2D eigenvalue weighted by Crippen LogP contribution is 2.28. The van der Waals surface area contributed by atoms with E-state index in [0.717, 1.165) is 0 Å². The van der Waals surface area contributed by atoms with Crippen LogP contribution in [0.1, 0.15) is 5.56 Å². The van der Waals surface area contributed by atoms with Crippen molar-refractivity contribution in [2.24, 2.45) is 0 Å². The van der Waals surface area contributed by atoms with E-state index in [1.54, 1.807) is 59.3 Å². The molecule has 0 aliphatic carbocycles. The van der Waals surface area contributed by atoms with Gasteiger partial charge in [0.25, 0.3) is 0 Å². The molecule has 5 nitrogen and oxygen atoms in total. The van der Waals surface area contributed by atoms with Gasteiger partial charge >= 0.3 is 0 Å². The van der Waals surface area contributed by atoms with Crippen molar-refractivity contribution in [1.29, 1.82) is 0 Å². The third-order valence-corrected chi connectivity index (χ3v) is 6.65. The number of amides is 1. The van der Waals surface area contributed by atoms with Crippen LogP contribution in [0.3, 0.4) is 0 Å². The predicted molar refractivity (Wildman–Crippen MR) is 119 cm³/mol. The first kappa shape index (κ1) is 20.2. The van der Waals surface area contributed by atoms with Gasteiger partial charge in [-0.2, -0.15) is 0 Å². The van der Waals surface area contributed by atoms with E-state index >= 15 is 0 Å². The number of hydrogen-bond acceptors (Lipinski definition) is 3. The minimum absolute atomic E-state index is 0.0200. The smallest absolute Gasteiger partial charge is 0.244 e. The molecule has 152 valence electrons. The monoisotopic (exact) mass is 438 g/mol. The fraction of sp³-hybridized carbons (Fsp3) is 0.0870. The maximum absolute atomic E-state index is 13.1. The van der Waals surface area contributed by atoms with Crippen LogP contribution in [0.15, 0.2) is 90.0 Å². The van der Waals surface area contributed by atoms with Crippen molar-refractivity contribution in [1.82, 2.24) is 4.57 Å². The van der Waals surface area contributed by atoms with Crippen LogP contribution in [0.4, 0.5) is 5.69 Å². The molecule has 1 aromatic heterocycles. The van der Waals surface area contributed by atoms with Gasteiger partial charge < -0.3 is 9.88 Å². The summed E-state index contributed by atoms with van der Waals surface area (Å²) in [5.74, 6) is -0.374. The van der Waals surface area contributed by atoms with Crippen LogP contribution in [0.25, 0.3) is 10.9 Å². The quantitative estimate of drug-likeness (QED) is 0.465. The molecule has 0 radical (unpaired) electrons. The highest BCUT2D eigenvalue weighted by Gasteiger charge is 2.22. The van der Waals surface area contributed by atoms with Crippen molar-refractivity contribution in [2.75, 3.05) is 5.32 Å². The number of halogens is 1. The molecule has 0 fully saturated rings. The molecule has 1 amide bonds. The molecule has 1 heterocycles. The largest absolute Gasteiger partial charge is 0.337 e. The number of carbonyl (C=O) groups excluding carboxylic acids is 1. The zero-order valence-electron chi connectivity index (χ0n) is 16.0. The standard InChI is InChI=1S/C23H19ClN2O3S/c24-18-9-6-10-19(13-18)25-23(27)15-26-14-22(20-11-4-5-12-21(20)26)30(28,29)16-17-7-2-1-3-8-17/h1-14H,15-16H2,(H,25,27). The maximum Gasteiger partial charge on any atom is 0.244 e. The number of rotatable bonds is 6. The minimum atomic E-state index is -3.59. The van der Waals surface area contributed by atoms with E-state index in [2.05, 4.69) is 5.32 Å². The van der Waals surface area contributed by atoms with Crippen LogP contribution < -0.4 is 5.32 Å². The van der Waals surface area contributed by atoms with Crippen molar-refractivity contribution in [3.8, 4) is 0 Å². The fourth-order valence-electron chi connectivity index (χ4n) is 3.38. The van der Waals surface area contributed by atoms with Gasteiger partial charge in [0.05, 0.1) is 10.6 Å². The first-order valence-electron chi connectivity index (χ1n) is 9.32. The number of sulfone groups is 1. The molecule has 0 aliphatic heterocycles. The number of para-hydroxylation sites is 1. The maximum atomic E-state index is 13.1. The Morgan fingerprint density at radius 1 is 0.933 bits per heavy atom. The zero-order valence-corrected chi connectivity index (χ0v) is 17.5. The molecular formula is C23H19ClN2O3S. The second kappa shape index (κ2) is 8.34. The Labute approximate surface area is 179 Å². The number of hydrogen-bond donors (Lipinski definition) is 1. The first-order chi connectivity index (χ1) is 14.4. The number of anilines is 1. The van der Waals surface area contributed by atoms with Crippen molar-refractivity contribution in [3.63, 3.8) is 0 Å². The number of fused-ring (bicyclic) bond motifs is 1. The Morgan fingerprint density at radius 2 is 1.67 bits per heavy atom. The summed E-state index contributed by atoms with van der Waals surface area (Å²) in [4.78, 5) is 12.8. The van der Waals surface area contributed by atoms with E-state index in [0.29, 0.717) is 27.2 Å². The summed E-state index contributed by atoms with van der Waals surface area (Å²) in [6.07, 6.45) is 1.54. The number of nitrogens with one attached hydrogen (secondary N) is 1. The summed E-state index contributed by atoms with van der Waals surface area (Å²) in [5, 5.41) is 3.91. The SMILES string of the molecule is O=C(Cn1cc(S(=O)(=O)Cc2ccccc2)c2ccccc21)Nc1cccc(Cl)c1. The van der Waals surface area contributed by atoms with Gasteiger partial charge in [0.15, 0.2) is 9.84 Å². The number of nitrogens with zero attached hydrogens (tertiary/aromatic N) is 1. The minimum Gasteiger partial charge on any atom is -0.337 e. The zero-order chi connectivity index (χ0) is 21.1. The van der Waals surface area contributed by atoms with Crippen molar-refractivity contribution in [3.05, 3.63) is 95.6 Å². The van der Waals surface area contributed by atoms with Crippen LogP contribution in [-0.4, -0.2) is 18.9 Å². The molecule has 0 saturated heterocycles. The van der Waals surface area contributed by atoms with Crippen LogP contribution in [0.2, 0.25) is 5.02 Å². The second-order valence-electron chi connectivity index (χ2n) is 6.94. The molecule has 0 spiro atoms. The van der Waals surface area contributed by atoms with E-state index in [1.807, 2.05) is 30.3 Å². The first-order valence-corrected chi connectivity index (χ1v) is 11.4. The van der Waals surface area contributed by atoms with Gasteiger partial charge in [-0.15, -0.1) is 0 Å². The van der Waals surface area contributed by atoms with Crippen LogP contribution >= 0.6 is 11.6 Å². The summed E-state index contributed by atoms with van der Waals surface area (Å²) < 4.78 is 27.9. The van der Waals surface area contributed by atoms with Gasteiger partial charge in [-0.1, -0.05) is 66.2 Å². The molecule has 0 aliphatic rings. The summed E-state index contributed by atoms with van der Waals surface area (Å²) in [6.45, 7) is -0.0200. The van der Waals surface area contributed by atoms with Gasteiger partial charge in [0.1, 0.15) is 6.54 Å². The van der Waals surface area contributed by atoms with Crippen LogP contribution in [-0.2, 0) is 26.9 Å². The molecule has 0 bridgehead atoms. The third kappa shape index (κ3) is 4.40. The normalized spacial score (nSPS) is 11.5. The molecule has 4 rings (SSSR count). The summed E-state index contributed by atoms with van der Waals surface area (Å²) in [5.41, 5.74) is 1.99. The van der Waals surface area contributed by atoms with Crippen molar-refractivity contribution in [2.45, 2.75) is 17.2 Å². The lowest BCUT2D eigenvalue weighted by atomic mass is 10.2. The van der Waals surface area contributed by atoms with Crippen LogP contribution in [0.5, 0.6) is 0 Å². The Hall–Kier alpha value is -3.09. The molecular weight excluding hydrogens is 420 g/mol. The highest BCUT2D eigenvalue weighted by atomic mass is 35.5.